The highest BCUT2D eigenvalue weighted by molar-refractivity contribution is 7.93. The first-order valence-electron chi connectivity index (χ1n) is 13.0. The van der Waals surface area contributed by atoms with Crippen LogP contribution < -0.4 is 23.8 Å². The molecule has 1 aliphatic rings. The van der Waals surface area contributed by atoms with Gasteiger partial charge in [-0.3, -0.25) is 9.10 Å². The summed E-state index contributed by atoms with van der Waals surface area (Å²) in [6.07, 6.45) is 0. The summed E-state index contributed by atoms with van der Waals surface area (Å²) in [6, 6.07) is 18.4. The molecule has 1 saturated heterocycles. The van der Waals surface area contributed by atoms with E-state index >= 15 is 0 Å². The number of para-hydroxylation sites is 2. The number of sulfonamides is 2. The van der Waals surface area contributed by atoms with Gasteiger partial charge in [0.25, 0.3) is 10.0 Å². The zero-order chi connectivity index (χ0) is 30.2. The number of ether oxygens (including phenoxy) is 4. The van der Waals surface area contributed by atoms with Crippen molar-refractivity contribution in [3.63, 3.8) is 0 Å². The van der Waals surface area contributed by atoms with Crippen molar-refractivity contribution in [3.8, 4) is 17.2 Å². The Hall–Kier alpha value is -3.85. The fourth-order valence-electron chi connectivity index (χ4n) is 4.20. The van der Waals surface area contributed by atoms with E-state index in [1.807, 2.05) is 0 Å². The maximum absolute atomic E-state index is 13.6. The van der Waals surface area contributed by atoms with E-state index in [-0.39, 0.29) is 34.4 Å². The lowest BCUT2D eigenvalue weighted by atomic mass is 10.3. The summed E-state index contributed by atoms with van der Waals surface area (Å²) >= 11 is 0. The normalized spacial score (nSPS) is 14.1. The van der Waals surface area contributed by atoms with Crippen LogP contribution >= 0.6 is 0 Å². The molecule has 42 heavy (non-hydrogen) atoms. The number of hydrogen-bond donors (Lipinski definition) is 1. The number of benzene rings is 3. The van der Waals surface area contributed by atoms with Crippen LogP contribution in [-0.4, -0.2) is 87.3 Å². The molecule has 1 N–H and O–H groups in total. The molecule has 0 unspecified atom stereocenters. The Kier molecular flexibility index (Phi) is 10.3. The third-order valence-electron chi connectivity index (χ3n) is 6.41. The standard InChI is InChI=1S/C28H33N3O9S2/c1-37-22-7-11-25(12-8-22)42(35,36)31(26-5-3-4-6-27(26)38-2)21-28(32)29-15-18-40-23-9-13-24(14-10-23)41(33,34)30-16-19-39-20-17-30/h3-14H,15-21H2,1-2H3,(H,29,32). The van der Waals surface area contributed by atoms with Crippen LogP contribution in [0, 0.1) is 0 Å². The summed E-state index contributed by atoms with van der Waals surface area (Å²) in [5.74, 6) is 0.630. The minimum absolute atomic E-state index is 0.0237. The predicted octanol–water partition coefficient (Wildman–Crippen LogP) is 2.12. The molecule has 3 aromatic rings. The van der Waals surface area contributed by atoms with E-state index in [9.17, 15) is 21.6 Å². The molecule has 0 radical (unpaired) electrons. The molecule has 4 rings (SSSR count). The number of carbonyl (C=O) groups is 1. The van der Waals surface area contributed by atoms with E-state index < -0.39 is 32.5 Å². The van der Waals surface area contributed by atoms with Crippen LogP contribution in [0.25, 0.3) is 0 Å². The zero-order valence-electron chi connectivity index (χ0n) is 23.3. The van der Waals surface area contributed by atoms with Crippen molar-refractivity contribution < 1.29 is 40.6 Å². The van der Waals surface area contributed by atoms with Crippen molar-refractivity contribution in [3.05, 3.63) is 72.8 Å². The third-order valence-corrected chi connectivity index (χ3v) is 10.1. The highest BCUT2D eigenvalue weighted by Crippen LogP contribution is 2.32. The maximum atomic E-state index is 13.6. The molecular formula is C28H33N3O9S2. The van der Waals surface area contributed by atoms with Gasteiger partial charge in [-0.25, -0.2) is 16.8 Å². The van der Waals surface area contributed by atoms with Crippen molar-refractivity contribution in [2.75, 3.05) is 64.5 Å². The first-order valence-corrected chi connectivity index (χ1v) is 15.9. The summed E-state index contributed by atoms with van der Waals surface area (Å²) < 4.78 is 76.5. The number of methoxy groups -OCH3 is 2. The summed E-state index contributed by atoms with van der Waals surface area (Å²) in [6.45, 7) is 0.956. The fourth-order valence-corrected chi connectivity index (χ4v) is 7.04. The number of nitrogens with zero attached hydrogens (tertiary/aromatic N) is 2. The second-order valence-electron chi connectivity index (χ2n) is 9.05. The second kappa shape index (κ2) is 13.9. The quantitative estimate of drug-likeness (QED) is 0.285. The molecule has 3 aromatic carbocycles. The number of amides is 1. The van der Waals surface area contributed by atoms with Crippen LogP contribution in [0.2, 0.25) is 0 Å². The number of anilines is 1. The van der Waals surface area contributed by atoms with E-state index in [1.165, 1.54) is 54.9 Å². The summed E-state index contributed by atoms with van der Waals surface area (Å²) in [7, 11) is -4.88. The molecule has 12 nitrogen and oxygen atoms in total. The summed E-state index contributed by atoms with van der Waals surface area (Å²) in [4.78, 5) is 13.0. The lowest BCUT2D eigenvalue weighted by Gasteiger charge is -2.26. The molecule has 14 heteroatoms. The molecule has 226 valence electrons. The average Bonchev–Trinajstić information content (AvgIpc) is 3.02. The molecule has 1 amide bonds. The van der Waals surface area contributed by atoms with Crippen molar-refractivity contribution in [1.82, 2.24) is 9.62 Å². The topological polar surface area (TPSA) is 141 Å². The number of morpholine rings is 1. The number of hydrogen-bond acceptors (Lipinski definition) is 9. The minimum Gasteiger partial charge on any atom is -0.497 e. The number of carbonyl (C=O) groups excluding carboxylic acids is 1. The van der Waals surface area contributed by atoms with E-state index in [0.29, 0.717) is 37.8 Å². The molecule has 0 saturated carbocycles. The summed E-state index contributed by atoms with van der Waals surface area (Å²) in [5, 5.41) is 2.67. The van der Waals surface area contributed by atoms with Gasteiger partial charge in [-0.2, -0.15) is 4.31 Å². The number of rotatable bonds is 13. The van der Waals surface area contributed by atoms with Gasteiger partial charge in [-0.1, -0.05) is 12.1 Å². The van der Waals surface area contributed by atoms with Crippen molar-refractivity contribution in [2.45, 2.75) is 9.79 Å². The molecule has 0 atom stereocenters. The molecule has 0 aromatic heterocycles. The van der Waals surface area contributed by atoms with Gasteiger partial charge in [0.1, 0.15) is 30.4 Å². The largest absolute Gasteiger partial charge is 0.497 e. The summed E-state index contributed by atoms with van der Waals surface area (Å²) in [5.41, 5.74) is 0.203. The third kappa shape index (κ3) is 7.31. The van der Waals surface area contributed by atoms with Gasteiger partial charge in [0, 0.05) is 13.1 Å². The van der Waals surface area contributed by atoms with Gasteiger partial charge in [0.2, 0.25) is 15.9 Å². The van der Waals surface area contributed by atoms with E-state index in [0.717, 1.165) is 4.31 Å². The molecule has 1 aliphatic heterocycles. The fraction of sp³-hybridized carbons (Fsp3) is 0.321. The number of nitrogens with one attached hydrogen (secondary N) is 1. The van der Waals surface area contributed by atoms with Gasteiger partial charge in [-0.15, -0.1) is 0 Å². The monoisotopic (exact) mass is 619 g/mol. The first kappa shape index (κ1) is 31.1. The van der Waals surface area contributed by atoms with E-state index in [4.69, 9.17) is 18.9 Å². The molecule has 1 heterocycles. The Morgan fingerprint density at radius 1 is 0.857 bits per heavy atom. The van der Waals surface area contributed by atoms with Crippen LogP contribution in [0.3, 0.4) is 0 Å². The second-order valence-corrected chi connectivity index (χ2v) is 12.8. The highest BCUT2D eigenvalue weighted by atomic mass is 32.2. The molecule has 0 bridgehead atoms. The zero-order valence-corrected chi connectivity index (χ0v) is 24.9. The van der Waals surface area contributed by atoms with Crippen LogP contribution in [0.5, 0.6) is 17.2 Å². The van der Waals surface area contributed by atoms with Crippen LogP contribution in [-0.2, 0) is 29.6 Å². The minimum atomic E-state index is -4.16. The predicted molar refractivity (Wildman–Crippen MR) is 155 cm³/mol. The van der Waals surface area contributed by atoms with Gasteiger partial charge in [0.15, 0.2) is 0 Å². The Labute approximate surface area is 245 Å². The van der Waals surface area contributed by atoms with Gasteiger partial charge in [0.05, 0.1) is 49.5 Å². The Balaban J connectivity index is 1.38. The molecule has 0 aliphatic carbocycles. The highest BCUT2D eigenvalue weighted by Gasteiger charge is 2.29. The Morgan fingerprint density at radius 2 is 1.48 bits per heavy atom. The first-order chi connectivity index (χ1) is 20.2. The molecule has 0 spiro atoms. The lowest BCUT2D eigenvalue weighted by molar-refractivity contribution is -0.119. The van der Waals surface area contributed by atoms with Gasteiger partial charge >= 0.3 is 0 Å². The Morgan fingerprint density at radius 3 is 2.12 bits per heavy atom. The van der Waals surface area contributed by atoms with Crippen molar-refractivity contribution in [2.24, 2.45) is 0 Å². The maximum Gasteiger partial charge on any atom is 0.264 e. The van der Waals surface area contributed by atoms with Gasteiger partial charge < -0.3 is 24.3 Å². The molecular weight excluding hydrogens is 586 g/mol. The molecule has 1 fully saturated rings. The van der Waals surface area contributed by atoms with E-state index in [2.05, 4.69) is 5.32 Å². The van der Waals surface area contributed by atoms with Crippen LogP contribution in [0.1, 0.15) is 0 Å². The Bertz CT molecular complexity index is 1560. The average molecular weight is 620 g/mol. The van der Waals surface area contributed by atoms with Gasteiger partial charge in [-0.05, 0) is 60.7 Å². The van der Waals surface area contributed by atoms with Crippen molar-refractivity contribution in [1.29, 1.82) is 0 Å². The lowest BCUT2D eigenvalue weighted by Crippen LogP contribution is -2.42. The van der Waals surface area contributed by atoms with Crippen molar-refractivity contribution >= 4 is 31.6 Å². The SMILES string of the molecule is COc1ccc(S(=O)(=O)N(CC(=O)NCCOc2ccc(S(=O)(=O)N3CCOCC3)cc2)c2ccccc2OC)cc1. The van der Waals surface area contributed by atoms with E-state index in [1.54, 1.807) is 36.4 Å². The smallest absolute Gasteiger partial charge is 0.264 e. The van der Waals surface area contributed by atoms with Crippen LogP contribution in [0.15, 0.2) is 82.6 Å². The van der Waals surface area contributed by atoms with Crippen LogP contribution in [0.4, 0.5) is 5.69 Å².